The zero-order valence-electron chi connectivity index (χ0n) is 7.21. The van der Waals surface area contributed by atoms with Gasteiger partial charge in [-0.1, -0.05) is 6.92 Å². The third-order valence-electron chi connectivity index (χ3n) is 1.42. The second kappa shape index (κ2) is 4.39. The lowest BCUT2D eigenvalue weighted by atomic mass is 10.4. The van der Waals surface area contributed by atoms with Gasteiger partial charge in [-0.3, -0.25) is 0 Å². The second-order valence-electron chi connectivity index (χ2n) is 2.43. The van der Waals surface area contributed by atoms with E-state index in [2.05, 4.69) is 10.1 Å². The van der Waals surface area contributed by atoms with Gasteiger partial charge in [0.05, 0.1) is 0 Å². The predicted molar refractivity (Wildman–Crippen MR) is 45.9 cm³/mol. The molecule has 1 aliphatic heterocycles. The van der Waals surface area contributed by atoms with Gasteiger partial charge >= 0.3 is 5.96 Å². The van der Waals surface area contributed by atoms with Crippen LogP contribution < -0.4 is 0 Å². The predicted octanol–water partition coefficient (Wildman–Crippen LogP) is 0.262. The van der Waals surface area contributed by atoms with E-state index in [-0.39, 0.29) is 12.7 Å². The fraction of sp³-hybridized carbons (Fsp3) is 0.667. The van der Waals surface area contributed by atoms with Crippen LogP contribution in [0.2, 0.25) is 0 Å². The summed E-state index contributed by atoms with van der Waals surface area (Å²) in [4.78, 5) is 15.4. The number of nitrogens with zero attached hydrogens (tertiary/aromatic N) is 4. The molecule has 0 bridgehead atoms. The van der Waals surface area contributed by atoms with Gasteiger partial charge in [0.2, 0.25) is 0 Å². The fourth-order valence-corrected chi connectivity index (χ4v) is 0.944. The summed E-state index contributed by atoms with van der Waals surface area (Å²) >= 11 is 0. The van der Waals surface area contributed by atoms with Crippen LogP contribution in [0.3, 0.4) is 0 Å². The summed E-state index contributed by atoms with van der Waals surface area (Å²) in [6.45, 7) is 2.87. The average molecular weight is 186 g/mol. The number of ether oxygens (including phenoxy) is 1. The van der Waals surface area contributed by atoms with E-state index in [0.717, 1.165) is 12.8 Å². The van der Waals surface area contributed by atoms with E-state index in [0.29, 0.717) is 6.54 Å². The number of nitro groups is 1. The summed E-state index contributed by atoms with van der Waals surface area (Å²) in [6.07, 6.45) is 2.02. The quantitative estimate of drug-likeness (QED) is 0.467. The molecule has 13 heavy (non-hydrogen) atoms. The van der Waals surface area contributed by atoms with Crippen LogP contribution >= 0.6 is 0 Å². The molecule has 72 valence electrons. The molecule has 1 aliphatic rings. The summed E-state index contributed by atoms with van der Waals surface area (Å²) in [7, 11) is 0. The van der Waals surface area contributed by atoms with Gasteiger partial charge < -0.3 is 9.64 Å². The largest absolute Gasteiger partial charge is 0.462 e. The van der Waals surface area contributed by atoms with Crippen LogP contribution in [0.5, 0.6) is 0 Å². The van der Waals surface area contributed by atoms with Crippen molar-refractivity contribution in [1.82, 2.24) is 4.90 Å². The maximum atomic E-state index is 10.1. The summed E-state index contributed by atoms with van der Waals surface area (Å²) < 4.78 is 4.88. The van der Waals surface area contributed by atoms with Crippen molar-refractivity contribution >= 4 is 12.4 Å². The lowest BCUT2D eigenvalue weighted by Gasteiger charge is -2.22. The molecule has 0 spiro atoms. The third-order valence-corrected chi connectivity index (χ3v) is 1.42. The Bertz CT molecular complexity index is 250. The van der Waals surface area contributed by atoms with E-state index >= 15 is 0 Å². The van der Waals surface area contributed by atoms with Gasteiger partial charge in [-0.25, -0.2) is 10.1 Å². The number of rotatable bonds is 3. The van der Waals surface area contributed by atoms with Gasteiger partial charge in [0.25, 0.3) is 0 Å². The van der Waals surface area contributed by atoms with Crippen molar-refractivity contribution in [1.29, 1.82) is 0 Å². The van der Waals surface area contributed by atoms with Crippen molar-refractivity contribution in [2.45, 2.75) is 13.3 Å². The maximum absolute atomic E-state index is 10.1. The SMILES string of the molecule is CCCN1COC=NC1=N[N+](=O)[O-]. The standard InChI is InChI=1S/C6H10N4O3/c1-2-3-9-5-13-4-7-6(9)8-10(11)12/h4H,2-3,5H2,1H3. The Kier molecular flexibility index (Phi) is 3.18. The molecule has 0 unspecified atom stereocenters. The molecule has 7 nitrogen and oxygen atoms in total. The monoisotopic (exact) mass is 186 g/mol. The molecule has 0 aromatic carbocycles. The first kappa shape index (κ1) is 9.43. The maximum Gasteiger partial charge on any atom is 0.302 e. The Hall–Kier alpha value is -1.66. The van der Waals surface area contributed by atoms with E-state index in [1.807, 2.05) is 6.92 Å². The van der Waals surface area contributed by atoms with Crippen LogP contribution in [0.1, 0.15) is 13.3 Å². The number of aliphatic imine (C=N–C) groups is 1. The van der Waals surface area contributed by atoms with Crippen molar-refractivity contribution in [3.8, 4) is 0 Å². The van der Waals surface area contributed by atoms with Crippen LogP contribution in [0, 0.1) is 10.1 Å². The summed E-state index contributed by atoms with van der Waals surface area (Å²) in [5.41, 5.74) is 0. The lowest BCUT2D eigenvalue weighted by molar-refractivity contribution is -0.485. The van der Waals surface area contributed by atoms with Crippen LogP contribution in [0.25, 0.3) is 0 Å². The Morgan fingerprint density at radius 2 is 2.69 bits per heavy atom. The van der Waals surface area contributed by atoms with Crippen molar-refractivity contribution in [3.63, 3.8) is 0 Å². The highest BCUT2D eigenvalue weighted by Crippen LogP contribution is 2.00. The molecule has 0 fully saturated rings. The fourth-order valence-electron chi connectivity index (χ4n) is 0.944. The number of guanidine groups is 1. The molecule has 0 atom stereocenters. The number of hydrogen-bond acceptors (Lipinski definition) is 3. The van der Waals surface area contributed by atoms with E-state index in [1.54, 1.807) is 4.90 Å². The van der Waals surface area contributed by atoms with Gasteiger partial charge in [-0.2, -0.15) is 4.99 Å². The molecule has 0 aromatic rings. The Morgan fingerprint density at radius 1 is 1.92 bits per heavy atom. The lowest BCUT2D eigenvalue weighted by Crippen LogP contribution is -2.36. The van der Waals surface area contributed by atoms with E-state index < -0.39 is 5.03 Å². The van der Waals surface area contributed by atoms with Crippen molar-refractivity contribution < 1.29 is 9.77 Å². The highest BCUT2D eigenvalue weighted by Gasteiger charge is 2.16. The molecule has 0 saturated heterocycles. The first-order chi connectivity index (χ1) is 6.24. The minimum absolute atomic E-state index is 0.0955. The molecule has 0 amide bonds. The minimum Gasteiger partial charge on any atom is -0.462 e. The minimum atomic E-state index is -0.763. The highest BCUT2D eigenvalue weighted by molar-refractivity contribution is 5.86. The number of hydrogen-bond donors (Lipinski definition) is 0. The molecule has 0 N–H and O–H groups in total. The number of hydrazone groups is 1. The van der Waals surface area contributed by atoms with Crippen LogP contribution in [-0.4, -0.2) is 35.6 Å². The Morgan fingerprint density at radius 3 is 3.31 bits per heavy atom. The van der Waals surface area contributed by atoms with Gasteiger partial charge in [-0.15, -0.1) is 0 Å². The first-order valence-electron chi connectivity index (χ1n) is 3.86. The molecule has 1 rings (SSSR count). The van der Waals surface area contributed by atoms with Crippen LogP contribution in [0.4, 0.5) is 0 Å². The van der Waals surface area contributed by atoms with E-state index in [4.69, 9.17) is 4.74 Å². The molecule has 0 radical (unpaired) electrons. The first-order valence-corrected chi connectivity index (χ1v) is 3.86. The Balaban J connectivity index is 2.71. The normalized spacial score (nSPS) is 18.8. The molecule has 0 saturated carbocycles. The molecule has 1 heterocycles. The van der Waals surface area contributed by atoms with Gasteiger partial charge in [0.1, 0.15) is 5.10 Å². The van der Waals surface area contributed by atoms with E-state index in [1.165, 1.54) is 0 Å². The summed E-state index contributed by atoms with van der Waals surface area (Å²) in [5.74, 6) is 0.0955. The molecule has 0 aliphatic carbocycles. The topological polar surface area (TPSA) is 80.3 Å². The molecular weight excluding hydrogens is 176 g/mol. The third kappa shape index (κ3) is 2.69. The van der Waals surface area contributed by atoms with Crippen LogP contribution in [0.15, 0.2) is 10.1 Å². The van der Waals surface area contributed by atoms with Crippen LogP contribution in [-0.2, 0) is 4.74 Å². The van der Waals surface area contributed by atoms with Crippen molar-refractivity contribution in [2.75, 3.05) is 13.3 Å². The van der Waals surface area contributed by atoms with Crippen molar-refractivity contribution in [3.05, 3.63) is 10.1 Å². The Labute approximate surface area is 74.8 Å². The summed E-state index contributed by atoms with van der Waals surface area (Å²) in [6, 6.07) is 0. The van der Waals surface area contributed by atoms with E-state index in [9.17, 15) is 10.1 Å². The molecule has 7 heteroatoms. The van der Waals surface area contributed by atoms with Crippen molar-refractivity contribution in [2.24, 2.45) is 10.1 Å². The van der Waals surface area contributed by atoms with Gasteiger partial charge in [-0.05, 0) is 6.42 Å². The van der Waals surface area contributed by atoms with Gasteiger partial charge in [0, 0.05) is 6.54 Å². The second-order valence-corrected chi connectivity index (χ2v) is 2.43. The smallest absolute Gasteiger partial charge is 0.302 e. The summed E-state index contributed by atoms with van der Waals surface area (Å²) in [5, 5.41) is 12.5. The zero-order chi connectivity index (χ0) is 9.68. The molecular formula is C6H10N4O3. The molecule has 0 aromatic heterocycles. The van der Waals surface area contributed by atoms with Gasteiger partial charge in [0.15, 0.2) is 18.2 Å². The zero-order valence-corrected chi connectivity index (χ0v) is 7.21. The highest BCUT2D eigenvalue weighted by atomic mass is 16.7. The average Bonchev–Trinajstić information content (AvgIpc) is 2.08.